The molecule has 23 heavy (non-hydrogen) atoms. The zero-order valence-corrected chi connectivity index (χ0v) is 13.7. The van der Waals surface area contributed by atoms with Crippen LogP contribution in [0.2, 0.25) is 5.02 Å². The number of benzene rings is 2. The molecule has 0 saturated heterocycles. The Kier molecular flexibility index (Phi) is 4.60. The molecule has 116 valence electrons. The first-order chi connectivity index (χ1) is 11.1. The van der Waals surface area contributed by atoms with Crippen molar-refractivity contribution in [2.75, 3.05) is 11.1 Å². The van der Waals surface area contributed by atoms with E-state index in [-0.39, 0.29) is 5.78 Å². The number of nitrogens with zero attached hydrogens (tertiary/aromatic N) is 1. The highest BCUT2D eigenvalue weighted by molar-refractivity contribution is 7.17. The maximum Gasteiger partial charge on any atom is 0.204 e. The zero-order valence-electron chi connectivity index (χ0n) is 12.1. The molecule has 0 atom stereocenters. The Hall–Kier alpha value is -2.37. The fraction of sp³-hybridized carbons (Fsp3) is 0.0588. The van der Waals surface area contributed by atoms with Gasteiger partial charge in [0.1, 0.15) is 0 Å². The van der Waals surface area contributed by atoms with Crippen LogP contribution in [-0.2, 0) is 6.54 Å². The molecule has 4 nitrogen and oxygen atoms in total. The van der Waals surface area contributed by atoms with Crippen molar-refractivity contribution >= 4 is 39.5 Å². The molecule has 0 amide bonds. The van der Waals surface area contributed by atoms with E-state index in [1.54, 1.807) is 30.5 Å². The fourth-order valence-corrected chi connectivity index (χ4v) is 2.92. The summed E-state index contributed by atoms with van der Waals surface area (Å²) in [4.78, 5) is 17.2. The van der Waals surface area contributed by atoms with Gasteiger partial charge >= 0.3 is 0 Å². The van der Waals surface area contributed by atoms with Crippen LogP contribution in [0.4, 0.5) is 10.8 Å². The topological polar surface area (TPSA) is 68.0 Å². The Morgan fingerprint density at radius 3 is 2.52 bits per heavy atom. The lowest BCUT2D eigenvalue weighted by molar-refractivity contribution is 0.104. The van der Waals surface area contributed by atoms with Crippen LogP contribution in [0, 0.1) is 0 Å². The molecule has 1 heterocycles. The van der Waals surface area contributed by atoms with Crippen LogP contribution >= 0.6 is 22.9 Å². The highest BCUT2D eigenvalue weighted by Gasteiger charge is 2.12. The number of thiazole rings is 1. The number of rotatable bonds is 5. The molecular formula is C17H14ClN3OS. The number of halogens is 1. The Labute approximate surface area is 142 Å². The lowest BCUT2D eigenvalue weighted by atomic mass is 10.1. The van der Waals surface area contributed by atoms with E-state index in [0.29, 0.717) is 32.8 Å². The second-order valence-corrected chi connectivity index (χ2v) is 6.43. The van der Waals surface area contributed by atoms with E-state index in [0.717, 1.165) is 5.56 Å². The Balaban J connectivity index is 1.66. The lowest BCUT2D eigenvalue weighted by Crippen LogP contribution is -1.99. The van der Waals surface area contributed by atoms with Gasteiger partial charge in [0.15, 0.2) is 5.13 Å². The molecule has 1 aromatic heterocycles. The van der Waals surface area contributed by atoms with Crippen LogP contribution in [0.3, 0.4) is 0 Å². The average molecular weight is 344 g/mol. The maximum absolute atomic E-state index is 12.4. The van der Waals surface area contributed by atoms with Crippen LogP contribution in [0.15, 0.2) is 54.7 Å². The van der Waals surface area contributed by atoms with E-state index in [1.165, 1.54) is 11.3 Å². The SMILES string of the molecule is Nc1ccc(C(=O)c2cnc(NCc3ccc(Cl)cc3)s2)cc1. The smallest absolute Gasteiger partial charge is 0.204 e. The van der Waals surface area contributed by atoms with Crippen molar-refractivity contribution in [1.29, 1.82) is 0 Å². The Bertz CT molecular complexity index is 813. The number of anilines is 2. The standard InChI is InChI=1S/C17H14ClN3OS/c18-13-5-1-11(2-6-13)9-20-17-21-10-15(23-17)16(22)12-3-7-14(19)8-4-12/h1-8,10H,9,19H2,(H,20,21). The van der Waals surface area contributed by atoms with Gasteiger partial charge in [0, 0.05) is 22.8 Å². The minimum atomic E-state index is -0.0537. The molecule has 0 aliphatic rings. The summed E-state index contributed by atoms with van der Waals surface area (Å²) in [6, 6.07) is 14.5. The molecule has 0 bridgehead atoms. The van der Waals surface area contributed by atoms with E-state index >= 15 is 0 Å². The van der Waals surface area contributed by atoms with Crippen molar-refractivity contribution in [3.8, 4) is 0 Å². The number of hydrogen-bond donors (Lipinski definition) is 2. The number of carbonyl (C=O) groups excluding carboxylic acids is 1. The number of hydrogen-bond acceptors (Lipinski definition) is 5. The third-order valence-electron chi connectivity index (χ3n) is 3.26. The van der Waals surface area contributed by atoms with Gasteiger partial charge in [-0.15, -0.1) is 0 Å². The van der Waals surface area contributed by atoms with Crippen molar-refractivity contribution in [3.63, 3.8) is 0 Å². The summed E-state index contributed by atoms with van der Waals surface area (Å²) in [5, 5.41) is 4.62. The van der Waals surface area contributed by atoms with Gasteiger partial charge in [-0.3, -0.25) is 4.79 Å². The molecular weight excluding hydrogens is 330 g/mol. The molecule has 0 fully saturated rings. The molecule has 0 aliphatic heterocycles. The molecule has 0 saturated carbocycles. The summed E-state index contributed by atoms with van der Waals surface area (Å²) in [7, 11) is 0. The van der Waals surface area contributed by atoms with Gasteiger partial charge in [-0.25, -0.2) is 4.98 Å². The van der Waals surface area contributed by atoms with Crippen LogP contribution in [0.25, 0.3) is 0 Å². The number of carbonyl (C=O) groups is 1. The molecule has 0 spiro atoms. The first-order valence-electron chi connectivity index (χ1n) is 6.96. The average Bonchev–Trinajstić information content (AvgIpc) is 3.03. The molecule has 6 heteroatoms. The van der Waals surface area contributed by atoms with Crippen molar-refractivity contribution in [2.45, 2.75) is 6.54 Å². The molecule has 3 rings (SSSR count). The maximum atomic E-state index is 12.4. The van der Waals surface area contributed by atoms with Gasteiger partial charge in [0.05, 0.1) is 11.1 Å². The number of nitrogens with two attached hydrogens (primary N) is 1. The summed E-state index contributed by atoms with van der Waals surface area (Å²) in [6.07, 6.45) is 1.59. The van der Waals surface area contributed by atoms with Crippen molar-refractivity contribution < 1.29 is 4.79 Å². The summed E-state index contributed by atoms with van der Waals surface area (Å²) < 4.78 is 0. The van der Waals surface area contributed by atoms with Crippen LogP contribution in [-0.4, -0.2) is 10.8 Å². The predicted octanol–water partition coefficient (Wildman–Crippen LogP) is 4.22. The van der Waals surface area contributed by atoms with Gasteiger partial charge in [-0.05, 0) is 42.0 Å². The van der Waals surface area contributed by atoms with Gasteiger partial charge < -0.3 is 11.1 Å². The van der Waals surface area contributed by atoms with E-state index in [1.807, 2.05) is 24.3 Å². The minimum absolute atomic E-state index is 0.0537. The van der Waals surface area contributed by atoms with Gasteiger partial charge in [0.25, 0.3) is 0 Å². The van der Waals surface area contributed by atoms with E-state index in [9.17, 15) is 4.79 Å². The number of nitrogen functional groups attached to an aromatic ring is 1. The largest absolute Gasteiger partial charge is 0.399 e. The van der Waals surface area contributed by atoms with E-state index in [4.69, 9.17) is 17.3 Å². The second-order valence-electron chi connectivity index (χ2n) is 4.96. The Morgan fingerprint density at radius 2 is 1.83 bits per heavy atom. The third kappa shape index (κ3) is 3.88. The highest BCUT2D eigenvalue weighted by atomic mass is 35.5. The zero-order chi connectivity index (χ0) is 16.2. The fourth-order valence-electron chi connectivity index (χ4n) is 2.02. The molecule has 0 aliphatic carbocycles. The van der Waals surface area contributed by atoms with Gasteiger partial charge in [-0.1, -0.05) is 35.1 Å². The predicted molar refractivity (Wildman–Crippen MR) is 95.2 cm³/mol. The number of ketones is 1. The monoisotopic (exact) mass is 343 g/mol. The first-order valence-corrected chi connectivity index (χ1v) is 8.15. The van der Waals surface area contributed by atoms with Crippen LogP contribution in [0.1, 0.15) is 20.8 Å². The third-order valence-corrected chi connectivity index (χ3v) is 4.47. The number of aromatic nitrogens is 1. The van der Waals surface area contributed by atoms with Crippen molar-refractivity contribution in [2.24, 2.45) is 0 Å². The normalized spacial score (nSPS) is 10.5. The lowest BCUT2D eigenvalue weighted by Gasteiger charge is -2.02. The highest BCUT2D eigenvalue weighted by Crippen LogP contribution is 2.22. The van der Waals surface area contributed by atoms with Crippen molar-refractivity contribution in [1.82, 2.24) is 4.98 Å². The van der Waals surface area contributed by atoms with E-state index < -0.39 is 0 Å². The summed E-state index contributed by atoms with van der Waals surface area (Å²) in [5.74, 6) is -0.0537. The quantitative estimate of drug-likeness (QED) is 0.537. The first kappa shape index (κ1) is 15.5. The summed E-state index contributed by atoms with van der Waals surface area (Å²) >= 11 is 7.19. The molecule has 3 aromatic rings. The minimum Gasteiger partial charge on any atom is -0.399 e. The van der Waals surface area contributed by atoms with Gasteiger partial charge in [-0.2, -0.15) is 0 Å². The second kappa shape index (κ2) is 6.81. The number of nitrogens with one attached hydrogen (secondary N) is 1. The molecule has 0 unspecified atom stereocenters. The van der Waals surface area contributed by atoms with E-state index in [2.05, 4.69) is 10.3 Å². The summed E-state index contributed by atoms with van der Waals surface area (Å²) in [5.41, 5.74) is 7.97. The van der Waals surface area contributed by atoms with Crippen LogP contribution < -0.4 is 11.1 Å². The van der Waals surface area contributed by atoms with Crippen LogP contribution in [0.5, 0.6) is 0 Å². The molecule has 2 aromatic carbocycles. The molecule has 0 radical (unpaired) electrons. The van der Waals surface area contributed by atoms with Gasteiger partial charge in [0.2, 0.25) is 5.78 Å². The summed E-state index contributed by atoms with van der Waals surface area (Å²) in [6.45, 7) is 0.625. The van der Waals surface area contributed by atoms with Crippen molar-refractivity contribution in [3.05, 3.63) is 75.8 Å². The molecule has 3 N–H and O–H groups in total. The Morgan fingerprint density at radius 1 is 1.13 bits per heavy atom.